The van der Waals surface area contributed by atoms with Crippen molar-refractivity contribution in [2.45, 2.75) is 0 Å². The second-order valence-corrected chi connectivity index (χ2v) is 2.25. The molecule has 0 aliphatic rings. The molecule has 2 aromatic heterocycles. The zero-order chi connectivity index (χ0) is 7.52. The summed E-state index contributed by atoms with van der Waals surface area (Å²) in [6.45, 7) is 0. The average molecular weight is 146 g/mol. The molecule has 0 atom stereocenters. The lowest BCUT2D eigenvalue weighted by Crippen LogP contribution is -2.03. The summed E-state index contributed by atoms with van der Waals surface area (Å²) in [5, 5.41) is 0. The minimum atomic E-state index is 0.866. The molecule has 2 rings (SSSR count). The number of furan rings is 1. The van der Waals surface area contributed by atoms with E-state index in [2.05, 4.69) is 4.98 Å². The highest BCUT2D eigenvalue weighted by Crippen LogP contribution is 2.12. The van der Waals surface area contributed by atoms with Gasteiger partial charge in [-0.3, -0.25) is 0 Å². The molecule has 1 N–H and O–H groups in total. The molecular weight excluding hydrogens is 138 g/mol. The van der Waals surface area contributed by atoms with Gasteiger partial charge in [-0.1, -0.05) is 0 Å². The highest BCUT2D eigenvalue weighted by molar-refractivity contribution is 5.46. The molecule has 0 aliphatic heterocycles. The van der Waals surface area contributed by atoms with E-state index < -0.39 is 0 Å². The van der Waals surface area contributed by atoms with Gasteiger partial charge < -0.3 is 4.42 Å². The minimum Gasteiger partial charge on any atom is -0.458 e. The molecule has 2 aromatic rings. The maximum Gasteiger partial charge on any atom is 0.246 e. The van der Waals surface area contributed by atoms with Gasteiger partial charge in [0.2, 0.25) is 5.69 Å². The molecule has 0 spiro atoms. The molecule has 0 saturated carbocycles. The highest BCUT2D eigenvalue weighted by Gasteiger charge is 2.04. The van der Waals surface area contributed by atoms with Crippen LogP contribution >= 0.6 is 0 Å². The molecule has 2 heteroatoms. The van der Waals surface area contributed by atoms with Crippen LogP contribution < -0.4 is 4.98 Å². The molecule has 0 amide bonds. The summed E-state index contributed by atoms with van der Waals surface area (Å²) >= 11 is 0. The molecule has 0 bridgehead atoms. The lowest BCUT2D eigenvalue weighted by Gasteiger charge is -1.85. The Bertz CT molecular complexity index is 313. The van der Waals surface area contributed by atoms with Crippen LogP contribution in [-0.2, 0) is 0 Å². The van der Waals surface area contributed by atoms with Crippen LogP contribution in [0.4, 0.5) is 0 Å². The van der Waals surface area contributed by atoms with E-state index in [1.807, 2.05) is 36.5 Å². The van der Waals surface area contributed by atoms with E-state index in [1.54, 1.807) is 6.26 Å². The first kappa shape index (κ1) is 6.16. The Hall–Kier alpha value is -1.57. The quantitative estimate of drug-likeness (QED) is 0.602. The number of aromatic nitrogens is 1. The summed E-state index contributed by atoms with van der Waals surface area (Å²) in [4.78, 5) is 3.08. The van der Waals surface area contributed by atoms with Crippen molar-refractivity contribution in [2.24, 2.45) is 0 Å². The molecule has 11 heavy (non-hydrogen) atoms. The van der Waals surface area contributed by atoms with E-state index in [0.29, 0.717) is 0 Å². The Balaban J connectivity index is 2.46. The van der Waals surface area contributed by atoms with Crippen LogP contribution in [0.2, 0.25) is 0 Å². The van der Waals surface area contributed by atoms with Crippen LogP contribution in [0.15, 0.2) is 47.2 Å². The third-order valence-electron chi connectivity index (χ3n) is 1.50. The van der Waals surface area contributed by atoms with Crippen LogP contribution in [0, 0.1) is 0 Å². The van der Waals surface area contributed by atoms with E-state index in [-0.39, 0.29) is 0 Å². The molecule has 54 valence electrons. The molecule has 0 radical (unpaired) electrons. The SMILES string of the molecule is c1ccc(-c2ccco2)[nH+]c1. The van der Waals surface area contributed by atoms with Crippen LogP contribution in [0.3, 0.4) is 0 Å². The maximum absolute atomic E-state index is 5.19. The molecule has 0 aromatic carbocycles. The summed E-state index contributed by atoms with van der Waals surface area (Å²) in [5.74, 6) is 0.866. The lowest BCUT2D eigenvalue weighted by atomic mass is 10.3. The van der Waals surface area contributed by atoms with Gasteiger partial charge >= 0.3 is 0 Å². The predicted octanol–water partition coefficient (Wildman–Crippen LogP) is 1.76. The fourth-order valence-corrected chi connectivity index (χ4v) is 0.978. The lowest BCUT2D eigenvalue weighted by molar-refractivity contribution is -0.365. The Morgan fingerprint density at radius 2 is 2.09 bits per heavy atom. The minimum absolute atomic E-state index is 0.866. The third-order valence-corrected chi connectivity index (χ3v) is 1.50. The van der Waals surface area contributed by atoms with Crippen LogP contribution in [0.25, 0.3) is 11.5 Å². The van der Waals surface area contributed by atoms with Gasteiger partial charge in [0.15, 0.2) is 12.0 Å². The van der Waals surface area contributed by atoms with Crippen molar-refractivity contribution in [1.82, 2.24) is 0 Å². The van der Waals surface area contributed by atoms with Crippen LogP contribution in [0.5, 0.6) is 0 Å². The fraction of sp³-hybridized carbons (Fsp3) is 0. The summed E-state index contributed by atoms with van der Waals surface area (Å²) in [6, 6.07) is 9.67. The summed E-state index contributed by atoms with van der Waals surface area (Å²) in [7, 11) is 0. The molecule has 2 heterocycles. The highest BCUT2D eigenvalue weighted by atomic mass is 16.3. The smallest absolute Gasteiger partial charge is 0.246 e. The van der Waals surface area contributed by atoms with Crippen LogP contribution in [-0.4, -0.2) is 0 Å². The van der Waals surface area contributed by atoms with Gasteiger partial charge in [0, 0.05) is 12.1 Å². The number of hydrogen-bond donors (Lipinski definition) is 0. The Labute approximate surface area is 64.5 Å². The molecular formula is C9H8NO+. The molecule has 2 nitrogen and oxygen atoms in total. The van der Waals surface area contributed by atoms with Crippen molar-refractivity contribution in [3.63, 3.8) is 0 Å². The zero-order valence-corrected chi connectivity index (χ0v) is 5.95. The van der Waals surface area contributed by atoms with Gasteiger partial charge in [-0.25, -0.2) is 4.98 Å². The molecule has 0 unspecified atom stereocenters. The van der Waals surface area contributed by atoms with Crippen LogP contribution in [0.1, 0.15) is 0 Å². The Morgan fingerprint density at radius 1 is 1.09 bits per heavy atom. The summed E-state index contributed by atoms with van der Waals surface area (Å²) in [5.41, 5.74) is 0.998. The monoisotopic (exact) mass is 146 g/mol. The Kier molecular flexibility index (Phi) is 1.44. The first-order valence-corrected chi connectivity index (χ1v) is 3.47. The van der Waals surface area contributed by atoms with E-state index in [1.165, 1.54) is 0 Å². The predicted molar refractivity (Wildman–Crippen MR) is 40.7 cm³/mol. The summed E-state index contributed by atoms with van der Waals surface area (Å²) < 4.78 is 5.19. The van der Waals surface area contributed by atoms with Crippen molar-refractivity contribution in [3.05, 3.63) is 42.8 Å². The standard InChI is InChI=1S/C9H7NO/c1-2-6-10-8(4-1)9-5-3-7-11-9/h1-7H/p+1. The van der Waals surface area contributed by atoms with Gasteiger partial charge in [-0.2, -0.15) is 0 Å². The molecule has 0 fully saturated rings. The number of hydrogen-bond acceptors (Lipinski definition) is 1. The second-order valence-electron chi connectivity index (χ2n) is 2.25. The maximum atomic E-state index is 5.19. The van der Waals surface area contributed by atoms with Gasteiger partial charge in [-0.05, 0) is 18.2 Å². The molecule has 0 saturated heterocycles. The largest absolute Gasteiger partial charge is 0.458 e. The number of nitrogens with one attached hydrogen (secondary N) is 1. The van der Waals surface area contributed by atoms with Gasteiger partial charge in [0.25, 0.3) is 0 Å². The van der Waals surface area contributed by atoms with Crippen molar-refractivity contribution >= 4 is 0 Å². The van der Waals surface area contributed by atoms with E-state index >= 15 is 0 Å². The number of H-pyrrole nitrogens is 1. The van der Waals surface area contributed by atoms with Crippen molar-refractivity contribution in [3.8, 4) is 11.5 Å². The van der Waals surface area contributed by atoms with Crippen molar-refractivity contribution in [1.29, 1.82) is 0 Å². The third kappa shape index (κ3) is 1.15. The van der Waals surface area contributed by atoms with Crippen molar-refractivity contribution < 1.29 is 9.40 Å². The average Bonchev–Trinajstić information content (AvgIpc) is 2.58. The fourth-order valence-electron chi connectivity index (χ4n) is 0.978. The molecule has 0 aliphatic carbocycles. The zero-order valence-electron chi connectivity index (χ0n) is 5.95. The topological polar surface area (TPSA) is 27.3 Å². The first-order chi connectivity index (χ1) is 5.47. The first-order valence-electron chi connectivity index (χ1n) is 3.47. The number of aromatic amines is 1. The number of pyridine rings is 1. The van der Waals surface area contributed by atoms with Gasteiger partial charge in [0.05, 0.1) is 6.26 Å². The summed E-state index contributed by atoms with van der Waals surface area (Å²) in [6.07, 6.45) is 3.54. The Morgan fingerprint density at radius 3 is 2.73 bits per heavy atom. The second kappa shape index (κ2) is 2.58. The van der Waals surface area contributed by atoms with Crippen molar-refractivity contribution in [2.75, 3.05) is 0 Å². The normalized spacial score (nSPS) is 9.82. The van der Waals surface area contributed by atoms with E-state index in [9.17, 15) is 0 Å². The van der Waals surface area contributed by atoms with Gasteiger partial charge in [-0.15, -0.1) is 0 Å². The number of rotatable bonds is 1. The van der Waals surface area contributed by atoms with E-state index in [4.69, 9.17) is 4.42 Å². The van der Waals surface area contributed by atoms with E-state index in [0.717, 1.165) is 11.5 Å². The van der Waals surface area contributed by atoms with Gasteiger partial charge in [0.1, 0.15) is 0 Å².